The number of likely N-dealkylation sites (tertiary alicyclic amines) is 1. The number of hydrogen-bond acceptors (Lipinski definition) is 7. The Hall–Kier alpha value is -3.92. The summed E-state index contributed by atoms with van der Waals surface area (Å²) in [5, 5.41) is 17.6. The fraction of sp³-hybridized carbons (Fsp3) is 0.515. The second-order valence-corrected chi connectivity index (χ2v) is 13.4. The third kappa shape index (κ3) is 5.48. The van der Waals surface area contributed by atoms with Crippen molar-refractivity contribution < 1.29 is 24.2 Å². The highest BCUT2D eigenvalue weighted by molar-refractivity contribution is 5.99. The maximum absolute atomic E-state index is 13.8. The SMILES string of the molecule is CC(C)(C)OC(=O)N[C@@H]1CCCN(C(=O)c2cc3c4c(c2)OCCN4C(c2cc4ccc(CO)cc4n2CC2CC2)N3)C1. The number of aliphatic hydroxyl groups excluding tert-OH is 1. The van der Waals surface area contributed by atoms with Gasteiger partial charge in [0.05, 0.1) is 24.5 Å². The van der Waals surface area contributed by atoms with E-state index in [0.29, 0.717) is 31.2 Å². The quantitative estimate of drug-likeness (QED) is 0.373. The number of benzene rings is 2. The van der Waals surface area contributed by atoms with Crippen molar-refractivity contribution in [2.45, 2.75) is 77.4 Å². The van der Waals surface area contributed by atoms with Gasteiger partial charge in [0.25, 0.3) is 5.91 Å². The van der Waals surface area contributed by atoms with Crippen molar-refractivity contribution in [1.82, 2.24) is 14.8 Å². The number of hydrogen-bond donors (Lipinski definition) is 3. The summed E-state index contributed by atoms with van der Waals surface area (Å²) in [5.74, 6) is 1.33. The Balaban J connectivity index is 1.15. The number of fused-ring (bicyclic) bond motifs is 1. The second-order valence-electron chi connectivity index (χ2n) is 13.4. The van der Waals surface area contributed by atoms with Crippen molar-refractivity contribution in [3.05, 3.63) is 53.2 Å². The van der Waals surface area contributed by atoms with Gasteiger partial charge in [-0.25, -0.2) is 4.79 Å². The number of ether oxygens (including phenoxy) is 2. The highest BCUT2D eigenvalue weighted by atomic mass is 16.6. The van der Waals surface area contributed by atoms with Crippen molar-refractivity contribution in [3.63, 3.8) is 0 Å². The van der Waals surface area contributed by atoms with Crippen molar-refractivity contribution in [2.75, 3.05) is 36.5 Å². The number of amides is 2. The predicted octanol–water partition coefficient (Wildman–Crippen LogP) is 5.00. The van der Waals surface area contributed by atoms with Crippen LogP contribution in [0.15, 0.2) is 36.4 Å². The van der Waals surface area contributed by atoms with E-state index in [2.05, 4.69) is 38.3 Å². The lowest BCUT2D eigenvalue weighted by Crippen LogP contribution is -2.50. The van der Waals surface area contributed by atoms with Gasteiger partial charge < -0.3 is 39.6 Å². The molecule has 1 aromatic heterocycles. The molecule has 228 valence electrons. The van der Waals surface area contributed by atoms with E-state index in [0.717, 1.165) is 59.5 Å². The molecule has 4 heterocycles. The molecule has 2 atom stereocenters. The van der Waals surface area contributed by atoms with E-state index < -0.39 is 11.7 Å². The Morgan fingerprint density at radius 1 is 1.12 bits per heavy atom. The topological polar surface area (TPSA) is 108 Å². The molecule has 10 nitrogen and oxygen atoms in total. The van der Waals surface area contributed by atoms with Crippen LogP contribution in [-0.4, -0.2) is 64.5 Å². The molecule has 10 heteroatoms. The summed E-state index contributed by atoms with van der Waals surface area (Å²) in [7, 11) is 0. The molecule has 3 N–H and O–H groups in total. The zero-order valence-electron chi connectivity index (χ0n) is 25.2. The molecule has 7 rings (SSSR count). The first-order valence-electron chi connectivity index (χ1n) is 15.5. The van der Waals surface area contributed by atoms with Crippen LogP contribution in [-0.2, 0) is 17.9 Å². The van der Waals surface area contributed by atoms with E-state index >= 15 is 0 Å². The van der Waals surface area contributed by atoms with Gasteiger partial charge in [-0.15, -0.1) is 0 Å². The number of piperidine rings is 1. The Labute approximate surface area is 251 Å². The summed E-state index contributed by atoms with van der Waals surface area (Å²) in [6, 6.07) is 12.1. The number of nitrogens with zero attached hydrogens (tertiary/aromatic N) is 3. The Morgan fingerprint density at radius 2 is 1.95 bits per heavy atom. The maximum atomic E-state index is 13.8. The Morgan fingerprint density at radius 3 is 2.72 bits per heavy atom. The number of carbonyl (C=O) groups excluding carboxylic acids is 2. The van der Waals surface area contributed by atoms with Gasteiger partial charge in [0, 0.05) is 42.1 Å². The van der Waals surface area contributed by atoms with Crippen molar-refractivity contribution in [2.24, 2.45) is 5.92 Å². The zero-order valence-corrected chi connectivity index (χ0v) is 25.2. The van der Waals surface area contributed by atoms with Gasteiger partial charge in [-0.2, -0.15) is 0 Å². The Kier molecular flexibility index (Phi) is 6.91. The lowest BCUT2D eigenvalue weighted by molar-refractivity contribution is 0.0452. The van der Waals surface area contributed by atoms with E-state index in [4.69, 9.17) is 9.47 Å². The molecule has 1 unspecified atom stereocenters. The number of anilines is 2. The minimum Gasteiger partial charge on any atom is -0.489 e. The van der Waals surface area contributed by atoms with Gasteiger partial charge in [0.1, 0.15) is 29.8 Å². The molecule has 2 fully saturated rings. The highest BCUT2D eigenvalue weighted by Gasteiger charge is 2.39. The number of rotatable bonds is 6. The molecule has 0 radical (unpaired) electrons. The molecular formula is C33H41N5O5. The molecule has 3 aromatic rings. The first-order chi connectivity index (χ1) is 20.7. The lowest BCUT2D eigenvalue weighted by Gasteiger charge is -2.34. The largest absolute Gasteiger partial charge is 0.489 e. The normalized spacial score (nSPS) is 21.3. The van der Waals surface area contributed by atoms with Crippen LogP contribution >= 0.6 is 0 Å². The van der Waals surface area contributed by atoms with E-state index in [1.165, 1.54) is 18.5 Å². The molecule has 1 saturated heterocycles. The molecule has 0 spiro atoms. The summed E-state index contributed by atoms with van der Waals surface area (Å²) in [6.45, 7) is 8.83. The van der Waals surface area contributed by atoms with E-state index in [9.17, 15) is 14.7 Å². The van der Waals surface area contributed by atoms with Gasteiger partial charge >= 0.3 is 6.09 Å². The van der Waals surface area contributed by atoms with Crippen LogP contribution in [0.2, 0.25) is 0 Å². The number of alkyl carbamates (subject to hydrolysis) is 1. The van der Waals surface area contributed by atoms with Crippen LogP contribution in [0.5, 0.6) is 5.75 Å². The summed E-state index contributed by atoms with van der Waals surface area (Å²) in [6.07, 6.45) is 3.55. The summed E-state index contributed by atoms with van der Waals surface area (Å²) >= 11 is 0. The second kappa shape index (κ2) is 10.7. The first kappa shape index (κ1) is 27.9. The van der Waals surface area contributed by atoms with Crippen LogP contribution < -0.4 is 20.3 Å². The molecule has 43 heavy (non-hydrogen) atoms. The Bertz CT molecular complexity index is 1570. The minimum atomic E-state index is -0.576. The minimum absolute atomic E-state index is 0.0193. The van der Waals surface area contributed by atoms with Crippen LogP contribution in [0, 0.1) is 5.92 Å². The van der Waals surface area contributed by atoms with Gasteiger partial charge in [0.2, 0.25) is 0 Å². The number of aliphatic hydroxyl groups is 1. The summed E-state index contributed by atoms with van der Waals surface area (Å²) in [5.41, 5.74) is 5.13. The molecule has 2 amide bonds. The van der Waals surface area contributed by atoms with Crippen LogP contribution in [0.4, 0.5) is 16.2 Å². The molecule has 0 bridgehead atoms. The smallest absolute Gasteiger partial charge is 0.407 e. The number of carbonyl (C=O) groups is 2. The molecule has 1 aliphatic carbocycles. The van der Waals surface area contributed by atoms with Gasteiger partial charge in [-0.05, 0) is 82.2 Å². The third-order valence-corrected chi connectivity index (χ3v) is 8.83. The standard InChI is InChI=1S/C33H41N5O5/c1-33(2,3)43-32(41)34-24-5-4-10-36(18-24)31(40)23-14-25-29-28(16-23)42-12-11-37(29)30(35-25)27-15-22-9-8-21(19-39)13-26(22)38(27)17-20-6-7-20/h8-9,13-16,20,24,30,35,39H,4-7,10-12,17-19H2,1-3H3,(H,34,41)/t24-,30?/m1/s1. The number of aromatic nitrogens is 1. The fourth-order valence-electron chi connectivity index (χ4n) is 6.68. The van der Waals surface area contributed by atoms with Crippen molar-refractivity contribution in [3.8, 4) is 5.75 Å². The van der Waals surface area contributed by atoms with Crippen LogP contribution in [0.25, 0.3) is 10.9 Å². The molecule has 4 aliphatic rings. The number of nitrogens with one attached hydrogen (secondary N) is 2. The van der Waals surface area contributed by atoms with E-state index in [1.54, 1.807) is 0 Å². The zero-order chi connectivity index (χ0) is 29.9. The summed E-state index contributed by atoms with van der Waals surface area (Å²) < 4.78 is 14.0. The molecule has 1 saturated carbocycles. The summed E-state index contributed by atoms with van der Waals surface area (Å²) in [4.78, 5) is 30.3. The van der Waals surface area contributed by atoms with Gasteiger partial charge in [0.15, 0.2) is 0 Å². The maximum Gasteiger partial charge on any atom is 0.407 e. The average Bonchev–Trinajstić information content (AvgIpc) is 3.63. The van der Waals surface area contributed by atoms with Gasteiger partial charge in [-0.3, -0.25) is 4.79 Å². The lowest BCUT2D eigenvalue weighted by atomic mass is 10.0. The third-order valence-electron chi connectivity index (χ3n) is 8.83. The highest BCUT2D eigenvalue weighted by Crippen LogP contribution is 2.50. The fourth-order valence-corrected chi connectivity index (χ4v) is 6.68. The molecule has 3 aliphatic heterocycles. The predicted molar refractivity (Wildman–Crippen MR) is 165 cm³/mol. The molecule has 2 aromatic carbocycles. The monoisotopic (exact) mass is 587 g/mol. The van der Waals surface area contributed by atoms with Crippen molar-refractivity contribution in [1.29, 1.82) is 0 Å². The average molecular weight is 588 g/mol. The first-order valence-corrected chi connectivity index (χ1v) is 15.5. The van der Waals surface area contributed by atoms with Crippen LogP contribution in [0.3, 0.4) is 0 Å². The van der Waals surface area contributed by atoms with Crippen LogP contribution in [0.1, 0.15) is 74.2 Å². The van der Waals surface area contributed by atoms with E-state index in [1.807, 2.05) is 43.9 Å². The van der Waals surface area contributed by atoms with Crippen molar-refractivity contribution >= 4 is 34.3 Å². The van der Waals surface area contributed by atoms with E-state index in [-0.39, 0.29) is 24.7 Å². The molecular weight excluding hydrogens is 546 g/mol. The van der Waals surface area contributed by atoms with Gasteiger partial charge in [-0.1, -0.05) is 12.1 Å².